The first-order valence-corrected chi connectivity index (χ1v) is 9.74. The van der Waals surface area contributed by atoms with E-state index in [0.717, 1.165) is 14.6 Å². The lowest BCUT2D eigenvalue weighted by molar-refractivity contribution is -0.0561. The highest BCUT2D eigenvalue weighted by atomic mass is 79.9. The van der Waals surface area contributed by atoms with Gasteiger partial charge < -0.3 is 25.0 Å². The lowest BCUT2D eigenvalue weighted by atomic mass is 10.1. The molecule has 0 amide bonds. The number of rotatable bonds is 3. The van der Waals surface area contributed by atoms with Crippen LogP contribution in [0, 0.1) is 0 Å². The van der Waals surface area contributed by atoms with Crippen molar-refractivity contribution >= 4 is 37.5 Å². The summed E-state index contributed by atoms with van der Waals surface area (Å²) in [6.07, 6.45) is -5.36. The minimum atomic E-state index is -1.51. The summed E-state index contributed by atoms with van der Waals surface area (Å²) in [5, 5.41) is 31.0. The summed E-state index contributed by atoms with van der Waals surface area (Å²) >= 11 is 4.53. The number of aliphatic hydroxyl groups is 3. The average Bonchev–Trinajstić information content (AvgIpc) is 3.19. The van der Waals surface area contributed by atoms with Crippen molar-refractivity contribution in [2.45, 2.75) is 24.5 Å². The number of fused-ring (bicyclic) bond motifs is 1. The third-order valence-corrected chi connectivity index (χ3v) is 6.08. The van der Waals surface area contributed by atoms with Gasteiger partial charge in [-0.05, 0) is 17.7 Å². The van der Waals surface area contributed by atoms with Crippen molar-refractivity contribution < 1.29 is 20.1 Å². The van der Waals surface area contributed by atoms with E-state index in [1.54, 1.807) is 5.38 Å². The maximum Gasteiger partial charge on any atom is 0.331 e. The molecule has 4 N–H and O–H groups in total. The molecule has 1 aliphatic rings. The molecule has 3 aromatic rings. The van der Waals surface area contributed by atoms with E-state index >= 15 is 0 Å². The molecule has 0 spiro atoms. The van der Waals surface area contributed by atoms with Crippen molar-refractivity contribution in [1.82, 2.24) is 9.55 Å². The standard InChI is InChI=1S/C17H15BrN2O6S/c18-8-3-1-7(2-4-8)9-6-27-14-11(9)19-17(25)20(15(14)24)16-13(23)12(22)10(5-21)26-16/h1-4,6,10,12-13,16,21-23H,5H2,(H,19,25)/t10-,12-,13-,16-/m1/s1. The van der Waals surface area contributed by atoms with Crippen molar-refractivity contribution in [3.63, 3.8) is 0 Å². The van der Waals surface area contributed by atoms with Crippen molar-refractivity contribution in [1.29, 1.82) is 0 Å². The number of benzene rings is 1. The second-order valence-corrected chi connectivity index (χ2v) is 7.99. The van der Waals surface area contributed by atoms with Crippen LogP contribution in [0.3, 0.4) is 0 Å². The Hall–Kier alpha value is -1.82. The average molecular weight is 455 g/mol. The fourth-order valence-electron chi connectivity index (χ4n) is 3.17. The third-order valence-electron chi connectivity index (χ3n) is 4.58. The summed E-state index contributed by atoms with van der Waals surface area (Å²) in [4.78, 5) is 28.2. The molecule has 10 heteroatoms. The Morgan fingerprint density at radius 1 is 1.19 bits per heavy atom. The summed E-state index contributed by atoms with van der Waals surface area (Å²) in [5.41, 5.74) is 0.562. The van der Waals surface area contributed by atoms with Crippen LogP contribution in [0.15, 0.2) is 43.7 Å². The van der Waals surface area contributed by atoms with Crippen LogP contribution in [0.25, 0.3) is 21.3 Å². The summed E-state index contributed by atoms with van der Waals surface area (Å²) in [5.74, 6) is 0. The maximum atomic E-state index is 12.9. The highest BCUT2D eigenvalue weighted by Gasteiger charge is 2.44. The van der Waals surface area contributed by atoms with Gasteiger partial charge in [-0.15, -0.1) is 11.3 Å². The van der Waals surface area contributed by atoms with E-state index in [9.17, 15) is 24.9 Å². The highest BCUT2D eigenvalue weighted by Crippen LogP contribution is 2.32. The molecule has 0 radical (unpaired) electrons. The molecule has 3 heterocycles. The topological polar surface area (TPSA) is 125 Å². The zero-order valence-corrected chi connectivity index (χ0v) is 16.1. The predicted molar refractivity (Wildman–Crippen MR) is 103 cm³/mol. The van der Waals surface area contributed by atoms with Gasteiger partial charge in [-0.25, -0.2) is 9.36 Å². The molecule has 4 atom stereocenters. The van der Waals surface area contributed by atoms with Gasteiger partial charge in [-0.3, -0.25) is 4.79 Å². The predicted octanol–water partition coefficient (Wildman–Crippen LogP) is 0.792. The van der Waals surface area contributed by atoms with Gasteiger partial charge in [0.05, 0.1) is 12.1 Å². The summed E-state index contributed by atoms with van der Waals surface area (Å²) in [6, 6.07) is 7.44. The number of nitrogens with zero attached hydrogens (tertiary/aromatic N) is 1. The van der Waals surface area contributed by atoms with Crippen LogP contribution in [0.1, 0.15) is 6.23 Å². The first-order valence-electron chi connectivity index (χ1n) is 8.06. The molecule has 1 aliphatic heterocycles. The number of thiophene rings is 1. The van der Waals surface area contributed by atoms with E-state index < -0.39 is 42.4 Å². The Bertz CT molecular complexity index is 1110. The number of aromatic amines is 1. The van der Waals surface area contributed by atoms with Crippen LogP contribution in [0.4, 0.5) is 0 Å². The maximum absolute atomic E-state index is 12.9. The van der Waals surface area contributed by atoms with Gasteiger partial charge in [0.1, 0.15) is 23.0 Å². The Balaban J connectivity index is 1.85. The van der Waals surface area contributed by atoms with Gasteiger partial charge >= 0.3 is 5.69 Å². The summed E-state index contributed by atoms with van der Waals surface area (Å²) < 4.78 is 7.28. The van der Waals surface area contributed by atoms with Gasteiger partial charge in [-0.2, -0.15) is 0 Å². The number of hydrogen-bond acceptors (Lipinski definition) is 7. The molecule has 0 aliphatic carbocycles. The van der Waals surface area contributed by atoms with Crippen LogP contribution in [0.2, 0.25) is 0 Å². The molecular formula is C17H15BrN2O6S. The van der Waals surface area contributed by atoms with Crippen LogP contribution in [0.5, 0.6) is 0 Å². The Morgan fingerprint density at radius 3 is 2.52 bits per heavy atom. The number of hydrogen-bond donors (Lipinski definition) is 4. The first kappa shape index (κ1) is 18.5. The number of aromatic nitrogens is 2. The van der Waals surface area contributed by atoms with E-state index in [1.165, 1.54) is 11.3 Å². The lowest BCUT2D eigenvalue weighted by Crippen LogP contribution is -2.42. The SMILES string of the molecule is O=c1[nH]c2c(-c3ccc(Br)cc3)csc2c(=O)n1[C@@H]1O[C@H](CO)[C@@H](O)[C@H]1O. The van der Waals surface area contributed by atoms with Crippen molar-refractivity contribution in [3.05, 3.63) is 55.0 Å². The molecule has 1 aromatic carbocycles. The molecule has 4 rings (SSSR count). The quantitative estimate of drug-likeness (QED) is 0.463. The van der Waals surface area contributed by atoms with E-state index in [-0.39, 0.29) is 0 Å². The number of ether oxygens (including phenoxy) is 1. The number of H-pyrrole nitrogens is 1. The zero-order valence-electron chi connectivity index (χ0n) is 13.7. The first-order chi connectivity index (χ1) is 12.9. The Labute approximate surface area is 164 Å². The van der Waals surface area contributed by atoms with E-state index in [2.05, 4.69) is 20.9 Å². The third kappa shape index (κ3) is 2.98. The number of halogens is 1. The molecule has 1 fully saturated rings. The molecule has 8 nitrogen and oxygen atoms in total. The van der Waals surface area contributed by atoms with E-state index in [1.807, 2.05) is 24.3 Å². The monoisotopic (exact) mass is 454 g/mol. The van der Waals surface area contributed by atoms with Gasteiger partial charge in [0.15, 0.2) is 6.23 Å². The summed E-state index contributed by atoms with van der Waals surface area (Å²) in [7, 11) is 0. The normalized spacial score (nSPS) is 25.3. The minimum absolute atomic E-state index is 0.297. The van der Waals surface area contributed by atoms with Crippen molar-refractivity contribution in [2.75, 3.05) is 6.61 Å². The Kier molecular flexibility index (Phi) is 4.78. The Morgan fingerprint density at radius 2 is 1.89 bits per heavy atom. The minimum Gasteiger partial charge on any atom is -0.394 e. The van der Waals surface area contributed by atoms with Gasteiger partial charge in [0.25, 0.3) is 5.56 Å². The van der Waals surface area contributed by atoms with Gasteiger partial charge in [-0.1, -0.05) is 28.1 Å². The second kappa shape index (κ2) is 6.97. The smallest absolute Gasteiger partial charge is 0.331 e. The molecule has 2 aromatic heterocycles. The molecule has 1 saturated heterocycles. The van der Waals surface area contributed by atoms with Gasteiger partial charge in [0, 0.05) is 15.4 Å². The molecule has 0 unspecified atom stereocenters. The summed E-state index contributed by atoms with van der Waals surface area (Å²) in [6.45, 7) is -0.545. The van der Waals surface area contributed by atoms with Crippen LogP contribution in [-0.2, 0) is 4.74 Å². The van der Waals surface area contributed by atoms with E-state index in [4.69, 9.17) is 4.74 Å². The lowest BCUT2D eigenvalue weighted by Gasteiger charge is -2.16. The number of nitrogens with one attached hydrogen (secondary N) is 1. The molecule has 27 heavy (non-hydrogen) atoms. The fourth-order valence-corrected chi connectivity index (χ4v) is 4.41. The van der Waals surface area contributed by atoms with Crippen LogP contribution < -0.4 is 11.2 Å². The molecule has 142 valence electrons. The van der Waals surface area contributed by atoms with E-state index in [0.29, 0.717) is 15.8 Å². The van der Waals surface area contributed by atoms with Gasteiger partial charge in [0.2, 0.25) is 0 Å². The molecule has 0 bridgehead atoms. The van der Waals surface area contributed by atoms with Crippen LogP contribution >= 0.6 is 27.3 Å². The van der Waals surface area contributed by atoms with Crippen molar-refractivity contribution in [3.8, 4) is 11.1 Å². The van der Waals surface area contributed by atoms with Crippen LogP contribution in [-0.4, -0.2) is 49.8 Å². The largest absolute Gasteiger partial charge is 0.394 e. The fraction of sp³-hybridized carbons (Fsp3) is 0.294. The number of aliphatic hydroxyl groups excluding tert-OH is 3. The molecule has 0 saturated carbocycles. The zero-order chi connectivity index (χ0) is 19.3. The second-order valence-electron chi connectivity index (χ2n) is 6.19. The highest BCUT2D eigenvalue weighted by molar-refractivity contribution is 9.10. The van der Waals surface area contributed by atoms with Crippen molar-refractivity contribution in [2.24, 2.45) is 0 Å². The molecular weight excluding hydrogens is 440 g/mol.